The van der Waals surface area contributed by atoms with Crippen LogP contribution in [-0.2, 0) is 11.2 Å². The van der Waals surface area contributed by atoms with Gasteiger partial charge in [0.25, 0.3) is 0 Å². The molecular weight excluding hydrogens is 306 g/mol. The number of rotatable bonds is 7. The van der Waals surface area contributed by atoms with Gasteiger partial charge in [0.1, 0.15) is 0 Å². The summed E-state index contributed by atoms with van der Waals surface area (Å²) in [6, 6.07) is 10.3. The second-order valence-corrected chi connectivity index (χ2v) is 7.85. The van der Waals surface area contributed by atoms with Crippen molar-refractivity contribution in [2.24, 2.45) is 23.7 Å². The van der Waals surface area contributed by atoms with Crippen molar-refractivity contribution in [3.05, 3.63) is 35.9 Å². The Labute approximate surface area is 144 Å². The molecule has 2 aliphatic rings. The zero-order valence-electron chi connectivity index (χ0n) is 13.5. The molecule has 4 atom stereocenters. The molecule has 4 heteroatoms. The molecule has 3 nitrogen and oxygen atoms in total. The van der Waals surface area contributed by atoms with Crippen LogP contribution in [0.15, 0.2) is 30.3 Å². The number of carbonyl (C=O) groups is 1. The summed E-state index contributed by atoms with van der Waals surface area (Å²) in [6.07, 6.45) is 5.05. The lowest BCUT2D eigenvalue weighted by Crippen LogP contribution is -2.40. The van der Waals surface area contributed by atoms with Crippen LogP contribution in [0, 0.1) is 23.7 Å². The Balaban J connectivity index is 1.58. The van der Waals surface area contributed by atoms with Crippen LogP contribution in [0.1, 0.15) is 31.2 Å². The van der Waals surface area contributed by atoms with Crippen LogP contribution in [0.5, 0.6) is 0 Å². The molecule has 1 saturated carbocycles. The van der Waals surface area contributed by atoms with Gasteiger partial charge < -0.3 is 10.4 Å². The molecule has 3 rings (SSSR count). The highest BCUT2D eigenvalue weighted by molar-refractivity contribution is 7.81. The van der Waals surface area contributed by atoms with Gasteiger partial charge in [0.2, 0.25) is 0 Å². The fourth-order valence-electron chi connectivity index (χ4n) is 4.46. The molecule has 1 aromatic rings. The molecule has 23 heavy (non-hydrogen) atoms. The standard InChI is InChI=1S/C19H27NO2S/c21-19(22)17(10-16-14-7-8-15(16)12-20-11-14)18(23)9-6-13-4-2-1-3-5-13/h1-5,14-18,20,23H,6-12H2,(H,21,22). The molecule has 0 amide bonds. The zero-order valence-corrected chi connectivity index (χ0v) is 14.4. The van der Waals surface area contributed by atoms with Crippen LogP contribution in [-0.4, -0.2) is 29.4 Å². The topological polar surface area (TPSA) is 49.3 Å². The van der Waals surface area contributed by atoms with Gasteiger partial charge in [0.15, 0.2) is 0 Å². The highest BCUT2D eigenvalue weighted by atomic mass is 32.1. The van der Waals surface area contributed by atoms with Gasteiger partial charge in [0.05, 0.1) is 5.92 Å². The Bertz CT molecular complexity index is 505. The fourth-order valence-corrected chi connectivity index (χ4v) is 4.84. The molecule has 1 aromatic carbocycles. The van der Waals surface area contributed by atoms with Gasteiger partial charge in [-0.1, -0.05) is 30.3 Å². The summed E-state index contributed by atoms with van der Waals surface area (Å²) in [6.45, 7) is 2.13. The number of piperidine rings is 1. The van der Waals surface area contributed by atoms with Crippen molar-refractivity contribution < 1.29 is 9.90 Å². The number of aryl methyl sites for hydroxylation is 1. The number of aliphatic carboxylic acids is 1. The van der Waals surface area contributed by atoms with Gasteiger partial charge in [0, 0.05) is 5.25 Å². The second kappa shape index (κ2) is 7.71. The molecule has 0 spiro atoms. The third-order valence-corrected chi connectivity index (χ3v) is 6.43. The largest absolute Gasteiger partial charge is 0.481 e. The third-order valence-electron chi connectivity index (χ3n) is 5.81. The van der Waals surface area contributed by atoms with E-state index in [0.29, 0.717) is 17.8 Å². The maximum atomic E-state index is 11.8. The molecule has 1 aliphatic heterocycles. The lowest BCUT2D eigenvalue weighted by molar-refractivity contribution is -0.142. The van der Waals surface area contributed by atoms with E-state index < -0.39 is 5.97 Å². The smallest absolute Gasteiger partial charge is 0.307 e. The van der Waals surface area contributed by atoms with Crippen LogP contribution < -0.4 is 5.32 Å². The summed E-state index contributed by atoms with van der Waals surface area (Å²) in [7, 11) is 0. The molecule has 1 saturated heterocycles. The van der Waals surface area contributed by atoms with Crippen LogP contribution in [0.25, 0.3) is 0 Å². The maximum Gasteiger partial charge on any atom is 0.307 e. The predicted molar refractivity (Wildman–Crippen MR) is 95.9 cm³/mol. The SMILES string of the molecule is O=C(O)C(CC1C2CCC1CNC2)C(S)CCc1ccccc1. The van der Waals surface area contributed by atoms with E-state index in [-0.39, 0.29) is 11.2 Å². The number of thiol groups is 1. The minimum atomic E-state index is -0.670. The van der Waals surface area contributed by atoms with Crippen molar-refractivity contribution in [1.29, 1.82) is 0 Å². The van der Waals surface area contributed by atoms with Crippen molar-refractivity contribution in [3.63, 3.8) is 0 Å². The van der Waals surface area contributed by atoms with Crippen LogP contribution in [0.3, 0.4) is 0 Å². The minimum absolute atomic E-state index is 0.0676. The lowest BCUT2D eigenvalue weighted by atomic mass is 9.78. The molecule has 1 heterocycles. The van der Waals surface area contributed by atoms with Crippen molar-refractivity contribution in [3.8, 4) is 0 Å². The summed E-state index contributed by atoms with van der Waals surface area (Å²) in [4.78, 5) is 11.8. The third kappa shape index (κ3) is 4.10. The van der Waals surface area contributed by atoms with Crippen LogP contribution in [0.2, 0.25) is 0 Å². The molecule has 126 valence electrons. The molecule has 2 bridgehead atoms. The van der Waals surface area contributed by atoms with E-state index >= 15 is 0 Å². The van der Waals surface area contributed by atoms with E-state index in [9.17, 15) is 9.90 Å². The minimum Gasteiger partial charge on any atom is -0.481 e. The highest BCUT2D eigenvalue weighted by Crippen LogP contribution is 2.43. The number of carboxylic acids is 1. The quantitative estimate of drug-likeness (QED) is 0.671. The highest BCUT2D eigenvalue weighted by Gasteiger charge is 2.41. The van der Waals surface area contributed by atoms with Gasteiger partial charge in [-0.15, -0.1) is 0 Å². The summed E-state index contributed by atoms with van der Waals surface area (Å²) in [5.41, 5.74) is 1.26. The number of benzene rings is 1. The van der Waals surface area contributed by atoms with Gasteiger partial charge in [-0.25, -0.2) is 0 Å². The number of fused-ring (bicyclic) bond motifs is 2. The number of hydrogen-bond acceptors (Lipinski definition) is 3. The Morgan fingerprint density at radius 1 is 1.22 bits per heavy atom. The molecule has 0 radical (unpaired) electrons. The van der Waals surface area contributed by atoms with Gasteiger partial charge in [-0.2, -0.15) is 12.6 Å². The van der Waals surface area contributed by atoms with E-state index in [4.69, 9.17) is 0 Å². The fraction of sp³-hybridized carbons (Fsp3) is 0.632. The Kier molecular flexibility index (Phi) is 5.65. The number of hydrogen-bond donors (Lipinski definition) is 3. The second-order valence-electron chi connectivity index (χ2n) is 7.19. The normalized spacial score (nSPS) is 29.2. The molecule has 2 fully saturated rings. The maximum absolute atomic E-state index is 11.8. The van der Waals surface area contributed by atoms with Gasteiger partial charge in [-0.3, -0.25) is 4.79 Å². The summed E-state index contributed by atoms with van der Waals surface area (Å²) in [5.74, 6) is 0.920. The average Bonchev–Trinajstić information content (AvgIpc) is 2.78. The molecule has 4 unspecified atom stereocenters. The Morgan fingerprint density at radius 2 is 1.87 bits per heavy atom. The lowest BCUT2D eigenvalue weighted by Gasteiger charge is -2.33. The predicted octanol–water partition coefficient (Wildman–Crippen LogP) is 3.25. The summed E-state index contributed by atoms with van der Waals surface area (Å²) >= 11 is 4.68. The van der Waals surface area contributed by atoms with Crippen LogP contribution in [0.4, 0.5) is 0 Å². The first-order chi connectivity index (χ1) is 11.1. The van der Waals surface area contributed by atoms with Crippen molar-refractivity contribution >= 4 is 18.6 Å². The van der Waals surface area contributed by atoms with Crippen molar-refractivity contribution in [1.82, 2.24) is 5.32 Å². The summed E-state index contributed by atoms with van der Waals surface area (Å²) < 4.78 is 0. The Hall–Kier alpha value is -1.00. The zero-order chi connectivity index (χ0) is 16.2. The van der Waals surface area contributed by atoms with E-state index in [1.54, 1.807) is 0 Å². The number of carboxylic acid groups (broad SMARTS) is 1. The molecule has 0 aromatic heterocycles. The molecule has 1 aliphatic carbocycles. The van der Waals surface area contributed by atoms with E-state index in [1.165, 1.54) is 18.4 Å². The average molecular weight is 333 g/mol. The monoisotopic (exact) mass is 333 g/mol. The Morgan fingerprint density at radius 3 is 2.48 bits per heavy atom. The molecular formula is C19H27NO2S. The van der Waals surface area contributed by atoms with E-state index in [2.05, 4.69) is 30.1 Å². The first-order valence-corrected chi connectivity index (χ1v) is 9.32. The van der Waals surface area contributed by atoms with Crippen LogP contribution >= 0.6 is 12.6 Å². The number of nitrogens with one attached hydrogen (secondary N) is 1. The van der Waals surface area contributed by atoms with Crippen molar-refractivity contribution in [2.45, 2.75) is 37.4 Å². The van der Waals surface area contributed by atoms with E-state index in [1.807, 2.05) is 18.2 Å². The van der Waals surface area contributed by atoms with E-state index in [0.717, 1.165) is 32.4 Å². The van der Waals surface area contributed by atoms with Gasteiger partial charge >= 0.3 is 5.97 Å². The van der Waals surface area contributed by atoms with Gasteiger partial charge in [-0.05, 0) is 68.5 Å². The van der Waals surface area contributed by atoms with Crippen molar-refractivity contribution in [2.75, 3.05) is 13.1 Å². The first kappa shape index (κ1) is 16.8. The summed E-state index contributed by atoms with van der Waals surface area (Å²) in [5, 5.41) is 13.1. The molecule has 2 N–H and O–H groups in total. The first-order valence-electron chi connectivity index (χ1n) is 8.80.